The summed E-state index contributed by atoms with van der Waals surface area (Å²) >= 11 is 0. The summed E-state index contributed by atoms with van der Waals surface area (Å²) in [4.78, 5) is 0. The Labute approximate surface area is 67.8 Å². The molecule has 3 rings (SSSR count). The molecule has 2 unspecified atom stereocenters. The summed E-state index contributed by atoms with van der Waals surface area (Å²) in [5, 5.41) is 9.37. The fraction of sp³-hybridized carbons (Fsp3) is 1.00. The van der Waals surface area contributed by atoms with Crippen LogP contribution in [-0.4, -0.2) is 11.7 Å². The first-order valence-electron chi connectivity index (χ1n) is 4.95. The molecule has 0 aromatic heterocycles. The van der Waals surface area contributed by atoms with Gasteiger partial charge in [0.05, 0.1) is 0 Å². The molecule has 0 spiro atoms. The normalized spacial score (nSPS) is 54.3. The largest absolute Gasteiger partial charge is 0.396 e. The minimum Gasteiger partial charge on any atom is -0.396 e. The van der Waals surface area contributed by atoms with Gasteiger partial charge in [0.25, 0.3) is 0 Å². The molecule has 0 saturated heterocycles. The van der Waals surface area contributed by atoms with E-state index in [1.807, 2.05) is 0 Å². The zero-order chi connectivity index (χ0) is 7.47. The van der Waals surface area contributed by atoms with Crippen LogP contribution in [0.1, 0.15) is 32.1 Å². The molecule has 11 heavy (non-hydrogen) atoms. The number of hydrogen-bond donors (Lipinski definition) is 1. The van der Waals surface area contributed by atoms with Crippen LogP contribution in [0.2, 0.25) is 0 Å². The highest BCUT2D eigenvalue weighted by Crippen LogP contribution is 2.66. The van der Waals surface area contributed by atoms with E-state index in [-0.39, 0.29) is 0 Å². The van der Waals surface area contributed by atoms with E-state index in [0.717, 1.165) is 17.8 Å². The minimum atomic E-state index is 0.424. The smallest absolute Gasteiger partial charge is 0.0490 e. The Morgan fingerprint density at radius 3 is 2.27 bits per heavy atom. The van der Waals surface area contributed by atoms with Crippen molar-refractivity contribution < 1.29 is 5.11 Å². The van der Waals surface area contributed by atoms with Crippen molar-refractivity contribution in [2.45, 2.75) is 32.1 Å². The first-order valence-corrected chi connectivity index (χ1v) is 4.95. The van der Waals surface area contributed by atoms with Crippen LogP contribution in [0, 0.1) is 23.2 Å². The van der Waals surface area contributed by atoms with Crippen molar-refractivity contribution in [1.82, 2.24) is 0 Å². The van der Waals surface area contributed by atoms with Crippen LogP contribution in [0.5, 0.6) is 0 Å². The molecule has 0 aliphatic heterocycles. The molecule has 1 N–H and O–H groups in total. The summed E-state index contributed by atoms with van der Waals surface area (Å²) in [5.41, 5.74) is 0.424. The van der Waals surface area contributed by atoms with Crippen molar-refractivity contribution in [2.75, 3.05) is 6.61 Å². The van der Waals surface area contributed by atoms with E-state index < -0.39 is 0 Å². The Morgan fingerprint density at radius 2 is 1.82 bits per heavy atom. The fourth-order valence-corrected chi connectivity index (χ4v) is 3.23. The van der Waals surface area contributed by atoms with Gasteiger partial charge in [-0.1, -0.05) is 0 Å². The van der Waals surface area contributed by atoms with E-state index >= 15 is 0 Å². The van der Waals surface area contributed by atoms with Crippen LogP contribution in [0.4, 0.5) is 0 Å². The highest BCUT2D eigenvalue weighted by molar-refractivity contribution is 5.08. The van der Waals surface area contributed by atoms with E-state index in [4.69, 9.17) is 0 Å². The van der Waals surface area contributed by atoms with Gasteiger partial charge in [-0.05, 0) is 55.3 Å². The summed E-state index contributed by atoms with van der Waals surface area (Å²) in [5.74, 6) is 2.98. The van der Waals surface area contributed by atoms with Gasteiger partial charge < -0.3 is 5.11 Å². The number of aliphatic hydroxyl groups is 1. The van der Waals surface area contributed by atoms with Gasteiger partial charge in [-0.2, -0.15) is 0 Å². The Hall–Kier alpha value is -0.0400. The van der Waals surface area contributed by atoms with Crippen molar-refractivity contribution >= 4 is 0 Å². The van der Waals surface area contributed by atoms with E-state index in [9.17, 15) is 5.11 Å². The van der Waals surface area contributed by atoms with Gasteiger partial charge in [-0.25, -0.2) is 0 Å². The minimum absolute atomic E-state index is 0.424. The van der Waals surface area contributed by atoms with Gasteiger partial charge in [-0.15, -0.1) is 0 Å². The Kier molecular flexibility index (Phi) is 1.07. The second-order valence-corrected chi connectivity index (χ2v) is 4.96. The Bertz CT molecular complexity index is 173. The Balaban J connectivity index is 1.79. The predicted molar refractivity (Wildman–Crippen MR) is 43.1 cm³/mol. The zero-order valence-corrected chi connectivity index (χ0v) is 6.92. The van der Waals surface area contributed by atoms with Crippen molar-refractivity contribution in [1.29, 1.82) is 0 Å². The summed E-state index contributed by atoms with van der Waals surface area (Å²) in [6.45, 7) is 0.477. The number of fused-ring (bicyclic) bond motifs is 1. The average Bonchev–Trinajstić information content (AvgIpc) is 2.90. The molecule has 0 aromatic rings. The van der Waals surface area contributed by atoms with Gasteiger partial charge in [0, 0.05) is 6.61 Å². The predicted octanol–water partition coefficient (Wildman–Crippen LogP) is 1.80. The Morgan fingerprint density at radius 1 is 1.18 bits per heavy atom. The monoisotopic (exact) mass is 152 g/mol. The van der Waals surface area contributed by atoms with Gasteiger partial charge in [0.15, 0.2) is 0 Å². The van der Waals surface area contributed by atoms with Gasteiger partial charge in [-0.3, -0.25) is 0 Å². The molecule has 0 heterocycles. The second kappa shape index (κ2) is 1.82. The molecule has 0 bridgehead atoms. The lowest BCUT2D eigenvalue weighted by atomic mass is 9.79. The van der Waals surface area contributed by atoms with E-state index in [0.29, 0.717) is 12.0 Å². The van der Waals surface area contributed by atoms with Crippen molar-refractivity contribution in [3.05, 3.63) is 0 Å². The van der Waals surface area contributed by atoms with Gasteiger partial charge in [0.1, 0.15) is 0 Å². The third-order valence-electron chi connectivity index (χ3n) is 4.16. The lowest BCUT2D eigenvalue weighted by Gasteiger charge is -2.28. The molecular formula is C10H16O. The van der Waals surface area contributed by atoms with Crippen molar-refractivity contribution in [2.24, 2.45) is 23.2 Å². The molecule has 0 amide bonds. The number of hydrogen-bond acceptors (Lipinski definition) is 1. The zero-order valence-electron chi connectivity index (χ0n) is 6.92. The summed E-state index contributed by atoms with van der Waals surface area (Å²) in [7, 11) is 0. The molecule has 0 radical (unpaired) electrons. The number of rotatable bonds is 2. The fourth-order valence-electron chi connectivity index (χ4n) is 3.23. The van der Waals surface area contributed by atoms with Crippen LogP contribution in [0.3, 0.4) is 0 Å². The van der Waals surface area contributed by atoms with Gasteiger partial charge in [0.2, 0.25) is 0 Å². The number of aliphatic hydroxyl groups excluding tert-OH is 1. The van der Waals surface area contributed by atoms with Crippen molar-refractivity contribution in [3.63, 3.8) is 0 Å². The summed E-state index contributed by atoms with van der Waals surface area (Å²) in [6, 6.07) is 0. The van der Waals surface area contributed by atoms with Crippen LogP contribution in [-0.2, 0) is 0 Å². The molecule has 0 aromatic carbocycles. The molecule has 1 nitrogen and oxygen atoms in total. The molecule has 3 fully saturated rings. The van der Waals surface area contributed by atoms with Gasteiger partial charge >= 0.3 is 0 Å². The maximum Gasteiger partial charge on any atom is 0.0490 e. The molecular weight excluding hydrogens is 136 g/mol. The molecule has 2 atom stereocenters. The third-order valence-corrected chi connectivity index (χ3v) is 4.16. The second-order valence-electron chi connectivity index (χ2n) is 4.96. The third kappa shape index (κ3) is 0.807. The highest BCUT2D eigenvalue weighted by Gasteiger charge is 2.58. The standard InChI is InChI=1S/C10H16O/c11-6-10(9-1-2-9)4-7-3-8(7)5-10/h7-9,11H,1-6H2. The first-order chi connectivity index (χ1) is 5.34. The van der Waals surface area contributed by atoms with E-state index in [1.165, 1.54) is 32.1 Å². The first kappa shape index (κ1) is 6.47. The average molecular weight is 152 g/mol. The molecule has 3 saturated carbocycles. The van der Waals surface area contributed by atoms with E-state index in [2.05, 4.69) is 0 Å². The summed E-state index contributed by atoms with van der Waals surface area (Å²) < 4.78 is 0. The SMILES string of the molecule is OCC1(C2CC2)CC2CC2C1. The van der Waals surface area contributed by atoms with Crippen LogP contribution in [0.15, 0.2) is 0 Å². The maximum absolute atomic E-state index is 9.37. The summed E-state index contributed by atoms with van der Waals surface area (Å²) in [6.07, 6.45) is 7.01. The lowest BCUT2D eigenvalue weighted by molar-refractivity contribution is 0.0943. The molecule has 1 heteroatoms. The van der Waals surface area contributed by atoms with Crippen molar-refractivity contribution in [3.8, 4) is 0 Å². The molecule has 3 aliphatic rings. The maximum atomic E-state index is 9.37. The van der Waals surface area contributed by atoms with Crippen LogP contribution >= 0.6 is 0 Å². The molecule has 62 valence electrons. The topological polar surface area (TPSA) is 20.2 Å². The van der Waals surface area contributed by atoms with Crippen LogP contribution < -0.4 is 0 Å². The highest BCUT2D eigenvalue weighted by atomic mass is 16.3. The lowest BCUT2D eigenvalue weighted by Crippen LogP contribution is -2.25. The van der Waals surface area contributed by atoms with Crippen LogP contribution in [0.25, 0.3) is 0 Å². The van der Waals surface area contributed by atoms with E-state index in [1.54, 1.807) is 0 Å². The quantitative estimate of drug-likeness (QED) is 0.639. The molecule has 3 aliphatic carbocycles.